The number of aromatic carboxylic acids is 1. The molecule has 2 N–H and O–H groups in total. The molecule has 1 heterocycles. The van der Waals surface area contributed by atoms with Crippen LogP contribution in [0.15, 0.2) is 58.3 Å². The molecule has 0 unspecified atom stereocenters. The predicted octanol–water partition coefficient (Wildman–Crippen LogP) is 3.63. The highest BCUT2D eigenvalue weighted by Gasteiger charge is 2.23. The minimum atomic E-state index is -4.26. The van der Waals surface area contributed by atoms with Gasteiger partial charge >= 0.3 is 5.97 Å². The van der Waals surface area contributed by atoms with Gasteiger partial charge in [0.1, 0.15) is 10.7 Å². The van der Waals surface area contributed by atoms with Crippen LogP contribution in [-0.4, -0.2) is 24.5 Å². The van der Waals surface area contributed by atoms with Crippen LogP contribution in [-0.2, 0) is 10.0 Å². The Morgan fingerprint density at radius 1 is 1.27 bits per heavy atom. The van der Waals surface area contributed by atoms with E-state index in [9.17, 15) is 17.6 Å². The molecular formula is C16H10ClFN2O5S. The highest BCUT2D eigenvalue weighted by atomic mass is 35.5. The van der Waals surface area contributed by atoms with Gasteiger partial charge in [0, 0.05) is 11.3 Å². The molecule has 0 aliphatic heterocycles. The molecular weight excluding hydrogens is 387 g/mol. The predicted molar refractivity (Wildman–Crippen MR) is 91.1 cm³/mol. The number of carbonyl (C=O) groups is 1. The SMILES string of the molecule is O=C(O)c1cc(S(=O)(=O)Nc2cccc(-c3cnco3)c2)c(Cl)cc1F. The fourth-order valence-corrected chi connectivity index (χ4v) is 3.79. The Hall–Kier alpha value is -2.91. The molecule has 0 spiro atoms. The van der Waals surface area contributed by atoms with Gasteiger partial charge in [-0.2, -0.15) is 0 Å². The normalized spacial score (nSPS) is 11.3. The zero-order valence-corrected chi connectivity index (χ0v) is 14.4. The molecule has 10 heteroatoms. The lowest BCUT2D eigenvalue weighted by Gasteiger charge is -2.11. The Bertz CT molecular complexity index is 1080. The number of rotatable bonds is 5. The summed E-state index contributed by atoms with van der Waals surface area (Å²) < 4.78 is 46.1. The summed E-state index contributed by atoms with van der Waals surface area (Å²) in [6.45, 7) is 0. The summed E-state index contributed by atoms with van der Waals surface area (Å²) in [5.41, 5.74) is -0.0551. The summed E-state index contributed by atoms with van der Waals surface area (Å²) in [4.78, 5) is 14.3. The van der Waals surface area contributed by atoms with E-state index in [1.54, 1.807) is 12.1 Å². The lowest BCUT2D eigenvalue weighted by atomic mass is 10.2. The highest BCUT2D eigenvalue weighted by molar-refractivity contribution is 7.92. The van der Waals surface area contributed by atoms with Crippen molar-refractivity contribution in [2.45, 2.75) is 4.90 Å². The monoisotopic (exact) mass is 396 g/mol. The lowest BCUT2D eigenvalue weighted by molar-refractivity contribution is 0.0691. The van der Waals surface area contributed by atoms with Gasteiger partial charge < -0.3 is 9.52 Å². The van der Waals surface area contributed by atoms with E-state index in [1.165, 1.54) is 24.7 Å². The summed E-state index contributed by atoms with van der Waals surface area (Å²) in [5.74, 6) is -2.31. The average molecular weight is 397 g/mol. The van der Waals surface area contributed by atoms with Crippen molar-refractivity contribution in [2.24, 2.45) is 0 Å². The summed E-state index contributed by atoms with van der Waals surface area (Å²) in [6.07, 6.45) is 2.70. The van der Waals surface area contributed by atoms with E-state index in [1.807, 2.05) is 0 Å². The number of halogens is 2. The van der Waals surface area contributed by atoms with Crippen molar-refractivity contribution in [3.05, 3.63) is 65.4 Å². The molecule has 0 bridgehead atoms. The van der Waals surface area contributed by atoms with Crippen LogP contribution in [0, 0.1) is 5.82 Å². The topological polar surface area (TPSA) is 110 Å². The molecule has 0 fully saturated rings. The third-order valence-corrected chi connectivity index (χ3v) is 5.22. The molecule has 0 aliphatic rings. The number of carboxylic acids is 1. The van der Waals surface area contributed by atoms with Crippen molar-refractivity contribution in [1.82, 2.24) is 4.98 Å². The second-order valence-corrected chi connectivity index (χ2v) is 7.18. The third-order valence-electron chi connectivity index (χ3n) is 3.37. The van der Waals surface area contributed by atoms with Crippen molar-refractivity contribution in [1.29, 1.82) is 0 Å². The zero-order valence-electron chi connectivity index (χ0n) is 12.8. The second-order valence-electron chi connectivity index (χ2n) is 5.12. The standard InChI is InChI=1S/C16H10ClFN2O5S/c17-12-6-13(18)11(16(21)22)5-15(12)26(23,24)20-10-3-1-2-9(4-10)14-7-19-8-25-14/h1-8,20H,(H,21,22). The molecule has 7 nitrogen and oxygen atoms in total. The highest BCUT2D eigenvalue weighted by Crippen LogP contribution is 2.28. The number of carboxylic acid groups (broad SMARTS) is 1. The minimum absolute atomic E-state index is 0.177. The molecule has 3 aromatic rings. The van der Waals surface area contributed by atoms with Crippen LogP contribution >= 0.6 is 11.6 Å². The third kappa shape index (κ3) is 3.53. The quantitative estimate of drug-likeness (QED) is 0.681. The maximum Gasteiger partial charge on any atom is 0.338 e. The molecule has 26 heavy (non-hydrogen) atoms. The van der Waals surface area contributed by atoms with Crippen LogP contribution in [0.3, 0.4) is 0 Å². The van der Waals surface area contributed by atoms with Gasteiger partial charge in [-0.25, -0.2) is 22.6 Å². The molecule has 0 aliphatic carbocycles. The molecule has 0 radical (unpaired) electrons. The first-order chi connectivity index (χ1) is 12.3. The molecule has 134 valence electrons. The van der Waals surface area contributed by atoms with E-state index >= 15 is 0 Å². The Labute approximate surface area is 152 Å². The van der Waals surface area contributed by atoms with E-state index in [0.717, 1.165) is 0 Å². The molecule has 0 atom stereocenters. The van der Waals surface area contributed by atoms with Gasteiger partial charge in [0.2, 0.25) is 0 Å². The van der Waals surface area contributed by atoms with Gasteiger partial charge in [-0.1, -0.05) is 23.7 Å². The van der Waals surface area contributed by atoms with E-state index in [4.69, 9.17) is 21.1 Å². The van der Waals surface area contributed by atoms with Crippen molar-refractivity contribution in [3.8, 4) is 11.3 Å². The second kappa shape index (κ2) is 6.77. The summed E-state index contributed by atoms with van der Waals surface area (Å²) in [7, 11) is -4.26. The minimum Gasteiger partial charge on any atom is -0.478 e. The van der Waals surface area contributed by atoms with Gasteiger partial charge in [-0.05, 0) is 24.3 Å². The van der Waals surface area contributed by atoms with E-state index in [2.05, 4.69) is 9.71 Å². The number of anilines is 1. The Morgan fingerprint density at radius 3 is 2.69 bits per heavy atom. The number of hydrogen-bond donors (Lipinski definition) is 2. The average Bonchev–Trinajstić information content (AvgIpc) is 3.08. The number of aromatic nitrogens is 1. The number of benzene rings is 2. The van der Waals surface area contributed by atoms with E-state index < -0.39 is 37.3 Å². The number of hydrogen-bond acceptors (Lipinski definition) is 5. The molecule has 0 saturated heterocycles. The zero-order chi connectivity index (χ0) is 18.9. The van der Waals surface area contributed by atoms with Gasteiger partial charge in [0.15, 0.2) is 12.2 Å². The van der Waals surface area contributed by atoms with Crippen LogP contribution in [0.4, 0.5) is 10.1 Å². The maximum atomic E-state index is 13.6. The number of nitrogens with one attached hydrogen (secondary N) is 1. The number of oxazole rings is 1. The fourth-order valence-electron chi connectivity index (χ4n) is 2.20. The van der Waals surface area contributed by atoms with Crippen LogP contribution in [0.5, 0.6) is 0 Å². The summed E-state index contributed by atoms with van der Waals surface area (Å²) in [6, 6.07) is 7.56. The Kier molecular flexibility index (Phi) is 4.66. The van der Waals surface area contributed by atoms with Gasteiger partial charge in [-0.15, -0.1) is 0 Å². The van der Waals surface area contributed by atoms with Crippen LogP contribution < -0.4 is 4.72 Å². The number of nitrogens with zero attached hydrogens (tertiary/aromatic N) is 1. The first kappa shape index (κ1) is 17.9. The summed E-state index contributed by atoms with van der Waals surface area (Å²) >= 11 is 5.79. The Morgan fingerprint density at radius 2 is 2.04 bits per heavy atom. The largest absolute Gasteiger partial charge is 0.478 e. The fraction of sp³-hybridized carbons (Fsp3) is 0. The molecule has 0 saturated carbocycles. The first-order valence-corrected chi connectivity index (χ1v) is 8.88. The smallest absolute Gasteiger partial charge is 0.338 e. The van der Waals surface area contributed by atoms with Gasteiger partial charge in [0.25, 0.3) is 10.0 Å². The van der Waals surface area contributed by atoms with Gasteiger partial charge in [-0.3, -0.25) is 4.72 Å². The maximum absolute atomic E-state index is 13.6. The van der Waals surface area contributed by atoms with Crippen molar-refractivity contribution in [2.75, 3.05) is 4.72 Å². The van der Waals surface area contributed by atoms with E-state index in [-0.39, 0.29) is 5.69 Å². The first-order valence-electron chi connectivity index (χ1n) is 7.02. The molecule has 0 amide bonds. The van der Waals surface area contributed by atoms with Crippen LogP contribution in [0.2, 0.25) is 5.02 Å². The van der Waals surface area contributed by atoms with Crippen LogP contribution in [0.1, 0.15) is 10.4 Å². The van der Waals surface area contributed by atoms with Crippen LogP contribution in [0.25, 0.3) is 11.3 Å². The lowest BCUT2D eigenvalue weighted by Crippen LogP contribution is -2.15. The van der Waals surface area contributed by atoms with Gasteiger partial charge in [0.05, 0.1) is 16.8 Å². The molecule has 2 aromatic carbocycles. The number of sulfonamides is 1. The Balaban J connectivity index is 1.99. The molecule has 3 rings (SSSR count). The summed E-state index contributed by atoms with van der Waals surface area (Å²) in [5, 5.41) is 8.53. The molecule has 1 aromatic heterocycles. The van der Waals surface area contributed by atoms with Crippen molar-refractivity contribution in [3.63, 3.8) is 0 Å². The van der Waals surface area contributed by atoms with Crippen molar-refractivity contribution >= 4 is 33.3 Å². The van der Waals surface area contributed by atoms with Crippen molar-refractivity contribution < 1.29 is 27.1 Å². The van der Waals surface area contributed by atoms with E-state index in [0.29, 0.717) is 23.5 Å².